The summed E-state index contributed by atoms with van der Waals surface area (Å²) in [5.41, 5.74) is 0.718. The second kappa shape index (κ2) is 4.77. The number of carbonyl (C=O) groups is 1. The van der Waals surface area contributed by atoms with Gasteiger partial charge in [0.25, 0.3) is 0 Å². The molecule has 0 bridgehead atoms. The van der Waals surface area contributed by atoms with Crippen molar-refractivity contribution in [2.45, 2.75) is 25.3 Å². The van der Waals surface area contributed by atoms with Gasteiger partial charge in [0.1, 0.15) is 0 Å². The predicted molar refractivity (Wildman–Crippen MR) is 68.7 cm³/mol. The van der Waals surface area contributed by atoms with Crippen LogP contribution in [0.5, 0.6) is 0 Å². The van der Waals surface area contributed by atoms with E-state index in [1.165, 1.54) is 7.11 Å². The highest BCUT2D eigenvalue weighted by Crippen LogP contribution is 2.36. The Morgan fingerprint density at radius 3 is 3.11 bits per heavy atom. The Kier molecular flexibility index (Phi) is 3.10. The van der Waals surface area contributed by atoms with E-state index in [9.17, 15) is 4.79 Å². The first-order valence-corrected chi connectivity index (χ1v) is 6.50. The van der Waals surface area contributed by atoms with Crippen molar-refractivity contribution < 1.29 is 9.53 Å². The number of methoxy groups -OCH3 is 1. The molecule has 2 aromatic heterocycles. The molecule has 0 aromatic carbocycles. The van der Waals surface area contributed by atoms with Crippen LogP contribution in [0.4, 0.5) is 0 Å². The van der Waals surface area contributed by atoms with Gasteiger partial charge in [0.2, 0.25) is 5.28 Å². The quantitative estimate of drug-likeness (QED) is 0.621. The molecular formula is C12H13ClN4O2. The van der Waals surface area contributed by atoms with Crippen molar-refractivity contribution >= 4 is 28.6 Å². The molecule has 1 fully saturated rings. The summed E-state index contributed by atoms with van der Waals surface area (Å²) < 4.78 is 6.63. The molecule has 0 amide bonds. The van der Waals surface area contributed by atoms with Gasteiger partial charge in [-0.2, -0.15) is 10.1 Å². The fourth-order valence-electron chi connectivity index (χ4n) is 2.64. The van der Waals surface area contributed by atoms with Crippen molar-refractivity contribution in [2.75, 3.05) is 7.11 Å². The molecule has 2 atom stereocenters. The maximum absolute atomic E-state index is 11.5. The zero-order valence-corrected chi connectivity index (χ0v) is 11.2. The molecule has 0 spiro atoms. The second-order valence-electron chi connectivity index (χ2n) is 4.69. The highest BCUT2D eigenvalue weighted by molar-refractivity contribution is 6.28. The molecule has 19 heavy (non-hydrogen) atoms. The molecular weight excluding hydrogens is 268 g/mol. The van der Waals surface area contributed by atoms with Crippen LogP contribution in [0, 0.1) is 5.92 Å². The van der Waals surface area contributed by atoms with E-state index in [1.54, 1.807) is 12.4 Å². The van der Waals surface area contributed by atoms with Crippen molar-refractivity contribution in [3.8, 4) is 0 Å². The van der Waals surface area contributed by atoms with Crippen LogP contribution in [0.25, 0.3) is 11.0 Å². The van der Waals surface area contributed by atoms with Crippen LogP contribution in [-0.2, 0) is 9.53 Å². The van der Waals surface area contributed by atoms with Gasteiger partial charge < -0.3 is 4.74 Å². The molecule has 1 saturated carbocycles. The van der Waals surface area contributed by atoms with Crippen molar-refractivity contribution in [3.63, 3.8) is 0 Å². The average Bonchev–Trinajstić information content (AvgIpc) is 3.03. The first-order chi connectivity index (χ1) is 9.19. The molecule has 7 heteroatoms. The van der Waals surface area contributed by atoms with Gasteiger partial charge in [-0.05, 0) is 30.9 Å². The number of nitrogens with zero attached hydrogens (tertiary/aromatic N) is 4. The molecule has 0 N–H and O–H groups in total. The Labute approximate surface area is 114 Å². The van der Waals surface area contributed by atoms with Gasteiger partial charge in [0, 0.05) is 6.20 Å². The molecule has 0 saturated heterocycles. The molecule has 3 rings (SSSR count). The number of hydrogen-bond acceptors (Lipinski definition) is 5. The summed E-state index contributed by atoms with van der Waals surface area (Å²) in [6.45, 7) is 0. The lowest BCUT2D eigenvalue weighted by Gasteiger charge is -2.11. The van der Waals surface area contributed by atoms with E-state index in [0.29, 0.717) is 0 Å². The number of carbonyl (C=O) groups excluding carboxylic acids is 1. The van der Waals surface area contributed by atoms with Crippen molar-refractivity contribution in [1.29, 1.82) is 0 Å². The highest BCUT2D eigenvalue weighted by Gasteiger charge is 2.32. The Balaban J connectivity index is 1.89. The third kappa shape index (κ3) is 2.16. The number of rotatable bonds is 2. The van der Waals surface area contributed by atoms with Gasteiger partial charge in [-0.15, -0.1) is 0 Å². The van der Waals surface area contributed by atoms with E-state index in [-0.39, 0.29) is 23.2 Å². The van der Waals surface area contributed by atoms with Gasteiger partial charge in [-0.25, -0.2) is 9.67 Å². The number of ether oxygens (including phenoxy) is 1. The SMILES string of the molecule is COC(=O)C1CCC(n2ncc3cnc(Cl)nc32)C1. The Bertz CT molecular complexity index is 627. The Morgan fingerprint density at radius 1 is 1.47 bits per heavy atom. The molecule has 0 aliphatic heterocycles. The number of fused-ring (bicyclic) bond motifs is 1. The minimum Gasteiger partial charge on any atom is -0.469 e. The molecule has 2 heterocycles. The molecule has 6 nitrogen and oxygen atoms in total. The van der Waals surface area contributed by atoms with Crippen molar-refractivity contribution in [1.82, 2.24) is 19.7 Å². The second-order valence-corrected chi connectivity index (χ2v) is 5.03. The van der Waals surface area contributed by atoms with Gasteiger partial charge in [-0.3, -0.25) is 4.79 Å². The normalized spacial score (nSPS) is 22.8. The third-order valence-electron chi connectivity index (χ3n) is 3.59. The monoisotopic (exact) mass is 280 g/mol. The Hall–Kier alpha value is -1.69. The number of esters is 1. The topological polar surface area (TPSA) is 69.9 Å². The third-order valence-corrected chi connectivity index (χ3v) is 3.77. The summed E-state index contributed by atoms with van der Waals surface area (Å²) in [6, 6.07) is 0.160. The van der Waals surface area contributed by atoms with Crippen LogP contribution < -0.4 is 0 Å². The van der Waals surface area contributed by atoms with Crippen LogP contribution in [-0.4, -0.2) is 32.8 Å². The van der Waals surface area contributed by atoms with E-state index in [1.807, 2.05) is 4.68 Å². The maximum atomic E-state index is 11.5. The van der Waals surface area contributed by atoms with Gasteiger partial charge >= 0.3 is 5.97 Å². The first-order valence-electron chi connectivity index (χ1n) is 6.12. The molecule has 0 radical (unpaired) electrons. The van der Waals surface area contributed by atoms with E-state index in [2.05, 4.69) is 15.1 Å². The van der Waals surface area contributed by atoms with E-state index in [4.69, 9.17) is 16.3 Å². The average molecular weight is 281 g/mol. The summed E-state index contributed by atoms with van der Waals surface area (Å²) in [4.78, 5) is 19.7. The summed E-state index contributed by atoms with van der Waals surface area (Å²) in [6.07, 6.45) is 5.80. The largest absolute Gasteiger partial charge is 0.469 e. The first kappa shape index (κ1) is 12.3. The van der Waals surface area contributed by atoms with Gasteiger partial charge in [-0.1, -0.05) is 0 Å². The van der Waals surface area contributed by atoms with Crippen LogP contribution >= 0.6 is 11.6 Å². The van der Waals surface area contributed by atoms with Crippen LogP contribution in [0.3, 0.4) is 0 Å². The number of hydrogen-bond donors (Lipinski definition) is 0. The fraction of sp³-hybridized carbons (Fsp3) is 0.500. The van der Waals surface area contributed by atoms with Crippen molar-refractivity contribution in [3.05, 3.63) is 17.7 Å². The summed E-state index contributed by atoms with van der Waals surface area (Å²) >= 11 is 5.82. The molecule has 2 unspecified atom stereocenters. The van der Waals surface area contributed by atoms with Crippen LogP contribution in [0.15, 0.2) is 12.4 Å². The molecule has 1 aliphatic carbocycles. The number of halogens is 1. The molecule has 2 aromatic rings. The Morgan fingerprint density at radius 2 is 2.32 bits per heavy atom. The minimum absolute atomic E-state index is 0.0495. The molecule has 100 valence electrons. The maximum Gasteiger partial charge on any atom is 0.308 e. The smallest absolute Gasteiger partial charge is 0.308 e. The fourth-order valence-corrected chi connectivity index (χ4v) is 2.77. The van der Waals surface area contributed by atoms with E-state index < -0.39 is 0 Å². The molecule has 1 aliphatic rings. The van der Waals surface area contributed by atoms with Crippen LogP contribution in [0.1, 0.15) is 25.3 Å². The van der Waals surface area contributed by atoms with Gasteiger partial charge in [0.05, 0.1) is 30.7 Å². The zero-order valence-electron chi connectivity index (χ0n) is 10.4. The summed E-state index contributed by atoms with van der Waals surface area (Å²) in [5, 5.41) is 5.40. The zero-order chi connectivity index (χ0) is 13.4. The van der Waals surface area contributed by atoms with Crippen molar-refractivity contribution in [2.24, 2.45) is 5.92 Å². The van der Waals surface area contributed by atoms with Crippen LogP contribution in [0.2, 0.25) is 5.28 Å². The highest BCUT2D eigenvalue weighted by atomic mass is 35.5. The summed E-state index contributed by atoms with van der Waals surface area (Å²) in [7, 11) is 1.42. The standard InChI is InChI=1S/C12H13ClN4O2/c1-19-11(18)7-2-3-9(4-7)17-10-8(6-15-17)5-14-12(13)16-10/h5-7,9H,2-4H2,1H3. The minimum atomic E-state index is -0.147. The predicted octanol–water partition coefficient (Wildman–Crippen LogP) is 1.99. The lowest BCUT2D eigenvalue weighted by atomic mass is 10.1. The lowest BCUT2D eigenvalue weighted by Crippen LogP contribution is -2.14. The van der Waals surface area contributed by atoms with E-state index in [0.717, 1.165) is 30.3 Å². The lowest BCUT2D eigenvalue weighted by molar-refractivity contribution is -0.145. The number of aromatic nitrogens is 4. The van der Waals surface area contributed by atoms with E-state index >= 15 is 0 Å². The van der Waals surface area contributed by atoms with Gasteiger partial charge in [0.15, 0.2) is 5.65 Å². The summed E-state index contributed by atoms with van der Waals surface area (Å²) in [5.74, 6) is -0.196.